The fourth-order valence-electron chi connectivity index (χ4n) is 1.29. The second-order valence-electron chi connectivity index (χ2n) is 3.41. The first kappa shape index (κ1) is 11.5. The van der Waals surface area contributed by atoms with Gasteiger partial charge in [0.2, 0.25) is 16.3 Å². The lowest BCUT2D eigenvalue weighted by Gasteiger charge is -2.03. The third-order valence-electron chi connectivity index (χ3n) is 2.09. The van der Waals surface area contributed by atoms with Crippen molar-refractivity contribution < 1.29 is 0 Å². The van der Waals surface area contributed by atoms with E-state index in [4.69, 9.17) is 5.73 Å². The Kier molecular flexibility index (Phi) is 2.79. The zero-order chi connectivity index (χ0) is 13.2. The molecule has 19 heavy (non-hydrogen) atoms. The van der Waals surface area contributed by atoms with Gasteiger partial charge in [0.25, 0.3) is 5.95 Å². The van der Waals surface area contributed by atoms with Gasteiger partial charge in [0.15, 0.2) is 0 Å². The van der Waals surface area contributed by atoms with Crippen LogP contribution in [0.5, 0.6) is 0 Å². The first-order valence-electron chi connectivity index (χ1n) is 5.14. The van der Waals surface area contributed by atoms with Gasteiger partial charge in [0.05, 0.1) is 0 Å². The van der Waals surface area contributed by atoms with Crippen LogP contribution in [0.4, 0.5) is 5.95 Å². The summed E-state index contributed by atoms with van der Waals surface area (Å²) in [5.74, 6) is 0.452. The minimum Gasteiger partial charge on any atom is -0.368 e. The monoisotopic (exact) mass is 276 g/mol. The van der Waals surface area contributed by atoms with Crippen LogP contribution in [-0.2, 0) is 7.05 Å². The van der Waals surface area contributed by atoms with Gasteiger partial charge in [0.1, 0.15) is 0 Å². The molecule has 0 saturated heterocycles. The predicted octanol–water partition coefficient (Wildman–Crippen LogP) is -0.686. The second kappa shape index (κ2) is 4.61. The Morgan fingerprint density at radius 1 is 1.26 bits per heavy atom. The molecular formula is C8H8N10S. The van der Waals surface area contributed by atoms with Crippen molar-refractivity contribution in [3.05, 3.63) is 18.5 Å². The van der Waals surface area contributed by atoms with Crippen molar-refractivity contribution in [2.24, 2.45) is 7.05 Å². The quantitative estimate of drug-likeness (QED) is 0.661. The summed E-state index contributed by atoms with van der Waals surface area (Å²) >= 11 is 1.19. The highest BCUT2D eigenvalue weighted by Gasteiger charge is 2.11. The summed E-state index contributed by atoms with van der Waals surface area (Å²) in [6, 6.07) is 1.76. The summed E-state index contributed by atoms with van der Waals surface area (Å²) in [6.45, 7) is 0. The third-order valence-corrected chi connectivity index (χ3v) is 2.99. The molecule has 0 radical (unpaired) electrons. The highest BCUT2D eigenvalue weighted by atomic mass is 32.2. The minimum absolute atomic E-state index is 0.109. The molecule has 96 valence electrons. The van der Waals surface area contributed by atoms with E-state index in [9.17, 15) is 0 Å². The molecule has 0 atom stereocenters. The zero-order valence-corrected chi connectivity index (χ0v) is 10.6. The fraction of sp³-hybridized carbons (Fsp3) is 0.125. The van der Waals surface area contributed by atoms with Crippen LogP contribution in [0.2, 0.25) is 0 Å². The van der Waals surface area contributed by atoms with Crippen molar-refractivity contribution >= 4 is 17.7 Å². The second-order valence-corrected chi connectivity index (χ2v) is 4.35. The summed E-state index contributed by atoms with van der Waals surface area (Å²) in [7, 11) is 1.72. The molecule has 0 aliphatic heterocycles. The molecule has 0 fully saturated rings. The molecule has 0 saturated carbocycles. The number of nitrogens with two attached hydrogens (primary N) is 1. The molecule has 3 heterocycles. The number of hydrogen-bond acceptors (Lipinski definition) is 9. The summed E-state index contributed by atoms with van der Waals surface area (Å²) < 4.78 is 3.01. The van der Waals surface area contributed by atoms with Crippen LogP contribution < -0.4 is 5.73 Å². The standard InChI is InChI=1S/C8H8N10S/c1-17-8(14-15-16-17)19-7-12-5(9)11-6(13-7)18-4-2-3-10-18/h2-4H,1H3,(H2,9,11,12,13). The van der Waals surface area contributed by atoms with E-state index in [1.807, 2.05) is 0 Å². The van der Waals surface area contributed by atoms with E-state index in [0.29, 0.717) is 16.3 Å². The number of aryl methyl sites for hydroxylation is 1. The van der Waals surface area contributed by atoms with Crippen LogP contribution >= 0.6 is 11.8 Å². The normalized spacial score (nSPS) is 10.8. The highest BCUT2D eigenvalue weighted by Crippen LogP contribution is 2.21. The summed E-state index contributed by atoms with van der Waals surface area (Å²) in [5.41, 5.74) is 5.66. The topological polar surface area (TPSA) is 126 Å². The molecule has 0 unspecified atom stereocenters. The number of nitrogen functional groups attached to an aromatic ring is 1. The van der Waals surface area contributed by atoms with Crippen LogP contribution in [0.15, 0.2) is 28.8 Å². The average molecular weight is 276 g/mol. The Bertz CT molecular complexity index is 689. The molecule has 0 bridgehead atoms. The minimum atomic E-state index is 0.109. The average Bonchev–Trinajstić information content (AvgIpc) is 3.01. The van der Waals surface area contributed by atoms with Crippen molar-refractivity contribution in [2.45, 2.75) is 10.3 Å². The first-order chi connectivity index (χ1) is 9.22. The Morgan fingerprint density at radius 3 is 2.84 bits per heavy atom. The number of hydrogen-bond donors (Lipinski definition) is 1. The lowest BCUT2D eigenvalue weighted by Crippen LogP contribution is -2.08. The molecule has 0 aliphatic rings. The Balaban J connectivity index is 1.96. The Hall–Kier alpha value is -2.56. The van der Waals surface area contributed by atoms with Gasteiger partial charge < -0.3 is 5.73 Å². The third kappa shape index (κ3) is 2.35. The van der Waals surface area contributed by atoms with Crippen molar-refractivity contribution in [3.63, 3.8) is 0 Å². The van der Waals surface area contributed by atoms with Crippen molar-refractivity contribution in [3.8, 4) is 5.95 Å². The van der Waals surface area contributed by atoms with Crippen molar-refractivity contribution in [1.29, 1.82) is 0 Å². The van der Waals surface area contributed by atoms with Crippen LogP contribution in [-0.4, -0.2) is 44.9 Å². The molecule has 0 spiro atoms. The van der Waals surface area contributed by atoms with Gasteiger partial charge in [-0.3, -0.25) is 0 Å². The van der Waals surface area contributed by atoms with E-state index in [2.05, 4.69) is 35.6 Å². The zero-order valence-electron chi connectivity index (χ0n) is 9.74. The predicted molar refractivity (Wildman–Crippen MR) is 64.3 cm³/mol. The van der Waals surface area contributed by atoms with Gasteiger partial charge in [-0.2, -0.15) is 20.1 Å². The van der Waals surface area contributed by atoms with Crippen molar-refractivity contribution in [2.75, 3.05) is 5.73 Å². The number of nitrogens with zero attached hydrogens (tertiary/aromatic N) is 9. The number of anilines is 1. The van der Waals surface area contributed by atoms with Gasteiger partial charge in [-0.15, -0.1) is 5.10 Å². The SMILES string of the molecule is Cn1nnnc1Sc1nc(N)nc(-n2cccn2)n1. The molecule has 3 rings (SSSR count). The summed E-state index contributed by atoms with van der Waals surface area (Å²) in [6.07, 6.45) is 3.34. The number of tetrazole rings is 1. The maximum atomic E-state index is 5.66. The molecular weight excluding hydrogens is 268 g/mol. The van der Waals surface area contributed by atoms with Crippen molar-refractivity contribution in [1.82, 2.24) is 44.9 Å². The lowest BCUT2D eigenvalue weighted by molar-refractivity contribution is 0.663. The van der Waals surface area contributed by atoms with Gasteiger partial charge in [0, 0.05) is 19.4 Å². The van der Waals surface area contributed by atoms with Gasteiger partial charge in [-0.05, 0) is 28.3 Å². The lowest BCUT2D eigenvalue weighted by atomic mass is 10.7. The molecule has 0 amide bonds. The van der Waals surface area contributed by atoms with Crippen LogP contribution in [0.3, 0.4) is 0 Å². The first-order valence-corrected chi connectivity index (χ1v) is 5.96. The van der Waals surface area contributed by atoms with Gasteiger partial charge in [-0.1, -0.05) is 0 Å². The number of rotatable bonds is 3. The van der Waals surface area contributed by atoms with E-state index in [-0.39, 0.29) is 5.95 Å². The maximum absolute atomic E-state index is 5.66. The van der Waals surface area contributed by atoms with E-state index in [1.165, 1.54) is 21.1 Å². The van der Waals surface area contributed by atoms with E-state index >= 15 is 0 Å². The van der Waals surface area contributed by atoms with Crippen LogP contribution in [0.25, 0.3) is 5.95 Å². The van der Waals surface area contributed by atoms with E-state index in [0.717, 1.165) is 0 Å². The highest BCUT2D eigenvalue weighted by molar-refractivity contribution is 7.99. The number of aromatic nitrogens is 9. The van der Waals surface area contributed by atoms with Crippen LogP contribution in [0, 0.1) is 0 Å². The molecule has 11 heteroatoms. The Labute approximate surface area is 111 Å². The maximum Gasteiger partial charge on any atom is 0.256 e. The molecule has 3 aromatic heterocycles. The van der Waals surface area contributed by atoms with Crippen LogP contribution in [0.1, 0.15) is 0 Å². The molecule has 0 aromatic carbocycles. The fourth-order valence-corrected chi connectivity index (χ4v) is 1.96. The van der Waals surface area contributed by atoms with Gasteiger partial charge in [-0.25, -0.2) is 9.36 Å². The molecule has 10 nitrogen and oxygen atoms in total. The molecule has 3 aromatic rings. The largest absolute Gasteiger partial charge is 0.368 e. The Morgan fingerprint density at radius 2 is 2.16 bits per heavy atom. The summed E-state index contributed by atoms with van der Waals surface area (Å²) in [4.78, 5) is 12.3. The summed E-state index contributed by atoms with van der Waals surface area (Å²) in [5, 5.41) is 16.1. The van der Waals surface area contributed by atoms with Gasteiger partial charge >= 0.3 is 0 Å². The van der Waals surface area contributed by atoms with E-state index < -0.39 is 0 Å². The smallest absolute Gasteiger partial charge is 0.256 e. The molecule has 2 N–H and O–H groups in total. The molecule has 0 aliphatic carbocycles. The van der Waals surface area contributed by atoms with E-state index in [1.54, 1.807) is 25.5 Å².